The van der Waals surface area contributed by atoms with Gasteiger partial charge in [-0.05, 0) is 52.2 Å². The molecule has 0 spiro atoms. The van der Waals surface area contributed by atoms with Gasteiger partial charge in [0.2, 0.25) is 10.0 Å². The second-order valence-corrected chi connectivity index (χ2v) is 8.40. The van der Waals surface area contributed by atoms with Crippen LogP contribution in [0, 0.1) is 6.92 Å². The van der Waals surface area contributed by atoms with Crippen LogP contribution in [-0.4, -0.2) is 35.0 Å². The van der Waals surface area contributed by atoms with E-state index < -0.39 is 21.2 Å². The van der Waals surface area contributed by atoms with Gasteiger partial charge >= 0.3 is 0 Å². The van der Waals surface area contributed by atoms with Crippen LogP contribution in [0.1, 0.15) is 38.7 Å². The highest BCUT2D eigenvalue weighted by Gasteiger charge is 2.72. The number of aryl methyl sites for hydroxylation is 1. The molecule has 0 aromatic heterocycles. The van der Waals surface area contributed by atoms with Gasteiger partial charge in [-0.2, -0.15) is 4.31 Å². The van der Waals surface area contributed by atoms with Gasteiger partial charge in [0.15, 0.2) is 0 Å². The van der Waals surface area contributed by atoms with Gasteiger partial charge in [-0.25, -0.2) is 8.42 Å². The quantitative estimate of drug-likeness (QED) is 0.850. The molecule has 0 bridgehead atoms. The molecule has 1 saturated carbocycles. The Bertz CT molecular complexity index is 636. The van der Waals surface area contributed by atoms with Gasteiger partial charge in [0.1, 0.15) is 0 Å². The van der Waals surface area contributed by atoms with Crippen molar-refractivity contribution in [2.75, 3.05) is 0 Å². The largest absolute Gasteiger partial charge is 0.388 e. The summed E-state index contributed by atoms with van der Waals surface area (Å²) in [6, 6.07) is 6.61. The average Bonchev–Trinajstić information content (AvgIpc) is 2.98. The van der Waals surface area contributed by atoms with E-state index in [1.807, 2.05) is 13.8 Å². The molecular formula is C15H21NO3S. The molecule has 1 aromatic carbocycles. The molecule has 110 valence electrons. The van der Waals surface area contributed by atoms with Gasteiger partial charge < -0.3 is 5.11 Å². The van der Waals surface area contributed by atoms with E-state index in [9.17, 15) is 13.5 Å². The summed E-state index contributed by atoms with van der Waals surface area (Å²) in [5, 5.41) is 10.5. The van der Waals surface area contributed by atoms with Crippen molar-refractivity contribution < 1.29 is 13.5 Å². The Morgan fingerprint density at radius 1 is 1.20 bits per heavy atom. The predicted molar refractivity (Wildman–Crippen MR) is 76.9 cm³/mol. The summed E-state index contributed by atoms with van der Waals surface area (Å²) >= 11 is 0. The van der Waals surface area contributed by atoms with Crippen molar-refractivity contribution in [1.29, 1.82) is 0 Å². The van der Waals surface area contributed by atoms with Crippen LogP contribution in [0.3, 0.4) is 0 Å². The molecule has 1 N–H and O–H groups in total. The predicted octanol–water partition coefficient (Wildman–Crippen LogP) is 2.06. The first-order valence-electron chi connectivity index (χ1n) is 7.03. The molecule has 1 aliphatic heterocycles. The summed E-state index contributed by atoms with van der Waals surface area (Å²) in [5.74, 6) is 0. The molecule has 1 saturated heterocycles. The number of benzene rings is 1. The van der Waals surface area contributed by atoms with Crippen LogP contribution in [0.5, 0.6) is 0 Å². The number of hydrogen-bond donors (Lipinski definition) is 1. The summed E-state index contributed by atoms with van der Waals surface area (Å²) in [6.07, 6.45) is 2.34. The van der Waals surface area contributed by atoms with Crippen LogP contribution in [-0.2, 0) is 10.0 Å². The molecule has 2 aliphatic rings. The van der Waals surface area contributed by atoms with Crippen molar-refractivity contribution in [3.8, 4) is 0 Å². The summed E-state index contributed by atoms with van der Waals surface area (Å²) in [4.78, 5) is 0.314. The zero-order valence-corrected chi connectivity index (χ0v) is 12.9. The lowest BCUT2D eigenvalue weighted by Gasteiger charge is -2.28. The molecule has 1 aromatic rings. The Balaban J connectivity index is 2.00. The van der Waals surface area contributed by atoms with Gasteiger partial charge in [-0.15, -0.1) is 0 Å². The molecule has 2 fully saturated rings. The molecule has 1 unspecified atom stereocenters. The fraction of sp³-hybridized carbons (Fsp3) is 0.600. The maximum Gasteiger partial charge on any atom is 0.244 e. The van der Waals surface area contributed by atoms with Gasteiger partial charge in [0.25, 0.3) is 0 Å². The third kappa shape index (κ3) is 1.84. The Morgan fingerprint density at radius 3 is 2.35 bits per heavy atom. The number of nitrogens with zero attached hydrogens (tertiary/aromatic N) is 1. The van der Waals surface area contributed by atoms with E-state index in [0.29, 0.717) is 11.3 Å². The molecule has 20 heavy (non-hydrogen) atoms. The molecule has 4 atom stereocenters. The maximum atomic E-state index is 12.8. The lowest BCUT2D eigenvalue weighted by Crippen LogP contribution is -2.39. The minimum Gasteiger partial charge on any atom is -0.388 e. The second-order valence-electron chi connectivity index (χ2n) is 6.58. The Kier molecular flexibility index (Phi) is 2.85. The molecule has 1 heterocycles. The summed E-state index contributed by atoms with van der Waals surface area (Å²) in [6.45, 7) is 5.62. The monoisotopic (exact) mass is 295 g/mol. The first kappa shape index (κ1) is 14.0. The first-order chi connectivity index (χ1) is 9.19. The van der Waals surface area contributed by atoms with E-state index in [0.717, 1.165) is 18.4 Å². The SMILES string of the molecule is Cc1ccc(S(=O)(=O)N2[C@H]3[C@]2(C)CCC[C@@]3(C)O)cc1. The van der Waals surface area contributed by atoms with Crippen LogP contribution in [0.4, 0.5) is 0 Å². The minimum atomic E-state index is -3.52. The van der Waals surface area contributed by atoms with E-state index in [1.165, 1.54) is 4.31 Å². The van der Waals surface area contributed by atoms with E-state index >= 15 is 0 Å². The van der Waals surface area contributed by atoms with Crippen molar-refractivity contribution in [2.45, 2.75) is 62.1 Å². The van der Waals surface area contributed by atoms with Crippen molar-refractivity contribution in [1.82, 2.24) is 4.31 Å². The number of rotatable bonds is 2. The Morgan fingerprint density at radius 2 is 1.80 bits per heavy atom. The first-order valence-corrected chi connectivity index (χ1v) is 8.47. The Hall–Kier alpha value is -0.910. The molecule has 5 heteroatoms. The van der Waals surface area contributed by atoms with Gasteiger partial charge in [0, 0.05) is 0 Å². The average molecular weight is 295 g/mol. The van der Waals surface area contributed by atoms with Crippen molar-refractivity contribution in [3.05, 3.63) is 29.8 Å². The second kappa shape index (κ2) is 4.06. The molecule has 0 radical (unpaired) electrons. The van der Waals surface area contributed by atoms with Crippen LogP contribution in [0.25, 0.3) is 0 Å². The number of sulfonamides is 1. The fourth-order valence-electron chi connectivity index (χ4n) is 3.74. The van der Waals surface area contributed by atoms with Crippen molar-refractivity contribution in [3.63, 3.8) is 0 Å². The zero-order chi connectivity index (χ0) is 14.8. The zero-order valence-electron chi connectivity index (χ0n) is 12.1. The van der Waals surface area contributed by atoms with Crippen molar-refractivity contribution in [2.24, 2.45) is 0 Å². The molecule has 3 rings (SSSR count). The lowest BCUT2D eigenvalue weighted by molar-refractivity contribution is 0.0264. The maximum absolute atomic E-state index is 12.8. The highest BCUT2D eigenvalue weighted by Crippen LogP contribution is 2.57. The van der Waals surface area contributed by atoms with Crippen molar-refractivity contribution >= 4 is 10.0 Å². The fourth-order valence-corrected chi connectivity index (χ4v) is 5.88. The van der Waals surface area contributed by atoms with Crippen LogP contribution in [0.15, 0.2) is 29.2 Å². The van der Waals surface area contributed by atoms with E-state index in [4.69, 9.17) is 0 Å². The number of hydrogen-bond acceptors (Lipinski definition) is 3. The standard InChI is InChI=1S/C15H21NO3S/c1-11-5-7-12(8-6-11)20(18,19)16-13-14(16,2)9-4-10-15(13,3)17/h5-8,13,17H,4,9-10H2,1-3H3/t13-,14-,15+,16?/m0/s1. The normalized spacial score (nSPS) is 40.2. The third-order valence-electron chi connectivity index (χ3n) is 4.79. The third-order valence-corrected chi connectivity index (χ3v) is 6.81. The molecule has 4 nitrogen and oxygen atoms in total. The lowest BCUT2D eigenvalue weighted by atomic mass is 9.80. The van der Waals surface area contributed by atoms with E-state index in [-0.39, 0.29) is 6.04 Å². The molecule has 1 aliphatic carbocycles. The van der Waals surface area contributed by atoms with Crippen LogP contribution < -0.4 is 0 Å². The summed E-state index contributed by atoms with van der Waals surface area (Å²) < 4.78 is 27.1. The van der Waals surface area contributed by atoms with E-state index in [2.05, 4.69) is 0 Å². The van der Waals surface area contributed by atoms with E-state index in [1.54, 1.807) is 31.2 Å². The molecular weight excluding hydrogens is 274 g/mol. The van der Waals surface area contributed by atoms with Gasteiger partial charge in [-0.1, -0.05) is 17.7 Å². The van der Waals surface area contributed by atoms with Gasteiger partial charge in [-0.3, -0.25) is 0 Å². The highest BCUT2D eigenvalue weighted by molar-refractivity contribution is 7.89. The molecule has 0 amide bonds. The number of aliphatic hydroxyl groups is 1. The Labute approximate surface area is 120 Å². The topological polar surface area (TPSA) is 57.4 Å². The summed E-state index contributed by atoms with van der Waals surface area (Å²) in [7, 11) is -3.52. The van der Waals surface area contributed by atoms with Gasteiger partial charge in [0.05, 0.1) is 22.1 Å². The smallest absolute Gasteiger partial charge is 0.244 e. The summed E-state index contributed by atoms with van der Waals surface area (Å²) in [5.41, 5.74) is -0.318. The van der Waals surface area contributed by atoms with Crippen LogP contribution in [0.2, 0.25) is 0 Å². The van der Waals surface area contributed by atoms with Crippen LogP contribution >= 0.6 is 0 Å². The number of fused-ring (bicyclic) bond motifs is 1. The minimum absolute atomic E-state index is 0.296. The highest BCUT2D eigenvalue weighted by atomic mass is 32.2.